The first kappa shape index (κ1) is 32.7. The van der Waals surface area contributed by atoms with E-state index in [4.69, 9.17) is 33.5 Å². The van der Waals surface area contributed by atoms with E-state index in [1.54, 1.807) is 0 Å². The molecule has 11 heteroatoms. The summed E-state index contributed by atoms with van der Waals surface area (Å²) in [4.78, 5) is 35.9. The lowest BCUT2D eigenvalue weighted by molar-refractivity contribution is -0.146. The lowest BCUT2D eigenvalue weighted by Gasteiger charge is -2.32. The number of rotatable bonds is 23. The van der Waals surface area contributed by atoms with Crippen LogP contribution in [0.5, 0.6) is 0 Å². The Morgan fingerprint density at radius 2 is 1.26 bits per heavy atom. The zero-order valence-electron chi connectivity index (χ0n) is 21.0. The standard InChI is InChI=1S/C24H41NO10/c1-5-21(27)33-15-12-30-18-24(7-3,19-31-13-16-34-22(28)6-2)20-32-14-17-35-23(29)8-9-25(4)10-11-26/h5-6,26H,1-2,7-20H2,3-4H3. The fraction of sp³-hybridized carbons (Fsp3) is 0.708. The van der Waals surface area contributed by atoms with Gasteiger partial charge in [0.25, 0.3) is 0 Å². The largest absolute Gasteiger partial charge is 0.463 e. The average molecular weight is 504 g/mol. The summed E-state index contributed by atoms with van der Waals surface area (Å²) < 4.78 is 32.1. The van der Waals surface area contributed by atoms with Crippen LogP contribution in [0.3, 0.4) is 0 Å². The van der Waals surface area contributed by atoms with Crippen molar-refractivity contribution in [1.29, 1.82) is 0 Å². The smallest absolute Gasteiger partial charge is 0.330 e. The first-order valence-corrected chi connectivity index (χ1v) is 11.6. The fourth-order valence-electron chi connectivity index (χ4n) is 2.67. The zero-order chi connectivity index (χ0) is 26.4. The number of aliphatic hydroxyl groups excluding tert-OH is 1. The molecule has 0 unspecified atom stereocenters. The summed E-state index contributed by atoms with van der Waals surface area (Å²) in [5.74, 6) is -1.38. The Morgan fingerprint density at radius 1 is 0.800 bits per heavy atom. The van der Waals surface area contributed by atoms with Crippen molar-refractivity contribution in [2.24, 2.45) is 5.41 Å². The van der Waals surface area contributed by atoms with Crippen LogP contribution in [0.4, 0.5) is 0 Å². The Bertz CT molecular complexity index is 595. The van der Waals surface area contributed by atoms with Gasteiger partial charge in [0.1, 0.15) is 19.8 Å². The molecule has 0 heterocycles. The number of likely N-dealkylation sites (N-methyl/N-ethyl adjacent to an activating group) is 1. The van der Waals surface area contributed by atoms with Crippen LogP contribution >= 0.6 is 0 Å². The molecule has 0 bridgehead atoms. The van der Waals surface area contributed by atoms with Crippen molar-refractivity contribution in [3.8, 4) is 0 Å². The lowest BCUT2D eigenvalue weighted by atomic mass is 9.88. The number of esters is 3. The Morgan fingerprint density at radius 3 is 1.66 bits per heavy atom. The van der Waals surface area contributed by atoms with Crippen molar-refractivity contribution in [2.45, 2.75) is 19.8 Å². The highest BCUT2D eigenvalue weighted by Gasteiger charge is 2.30. The van der Waals surface area contributed by atoms with Crippen LogP contribution in [0.2, 0.25) is 0 Å². The molecule has 0 saturated carbocycles. The van der Waals surface area contributed by atoms with Crippen LogP contribution in [0.25, 0.3) is 0 Å². The molecule has 0 aromatic carbocycles. The number of hydrogen-bond acceptors (Lipinski definition) is 11. The van der Waals surface area contributed by atoms with E-state index in [0.717, 1.165) is 12.2 Å². The van der Waals surface area contributed by atoms with Gasteiger partial charge in [0.15, 0.2) is 0 Å². The number of ether oxygens (including phenoxy) is 6. The van der Waals surface area contributed by atoms with Gasteiger partial charge in [0.2, 0.25) is 0 Å². The summed E-state index contributed by atoms with van der Waals surface area (Å²) in [6.07, 6.45) is 3.04. The molecule has 0 atom stereocenters. The highest BCUT2D eigenvalue weighted by Crippen LogP contribution is 2.24. The third kappa shape index (κ3) is 17.7. The predicted molar refractivity (Wildman–Crippen MR) is 128 cm³/mol. The third-order valence-electron chi connectivity index (χ3n) is 4.92. The molecule has 0 aliphatic carbocycles. The maximum Gasteiger partial charge on any atom is 0.330 e. The molecule has 35 heavy (non-hydrogen) atoms. The molecule has 0 aliphatic heterocycles. The highest BCUT2D eigenvalue weighted by molar-refractivity contribution is 5.81. The SMILES string of the molecule is C=CC(=O)OCCOCC(CC)(COCCOC(=O)C=C)COCCOC(=O)CCN(C)CCO. The lowest BCUT2D eigenvalue weighted by Crippen LogP contribution is -2.38. The second-order valence-corrected chi connectivity index (χ2v) is 7.75. The quantitative estimate of drug-likeness (QED) is 0.0917. The van der Waals surface area contributed by atoms with Crippen molar-refractivity contribution in [1.82, 2.24) is 4.90 Å². The molecule has 0 saturated heterocycles. The van der Waals surface area contributed by atoms with Gasteiger partial charge in [-0.05, 0) is 13.5 Å². The van der Waals surface area contributed by atoms with Crippen molar-refractivity contribution in [3.63, 3.8) is 0 Å². The van der Waals surface area contributed by atoms with Crippen LogP contribution < -0.4 is 0 Å². The van der Waals surface area contributed by atoms with Gasteiger partial charge in [-0.2, -0.15) is 0 Å². The van der Waals surface area contributed by atoms with Crippen LogP contribution in [0.1, 0.15) is 19.8 Å². The summed E-state index contributed by atoms with van der Waals surface area (Å²) in [5.41, 5.74) is -0.512. The number of hydrogen-bond donors (Lipinski definition) is 1. The molecular weight excluding hydrogens is 462 g/mol. The van der Waals surface area contributed by atoms with Crippen LogP contribution in [-0.2, 0) is 42.8 Å². The number of aliphatic hydroxyl groups is 1. The molecule has 202 valence electrons. The summed E-state index contributed by atoms with van der Waals surface area (Å²) in [6, 6.07) is 0. The minimum absolute atomic E-state index is 0.0337. The molecule has 1 N–H and O–H groups in total. The number of carbonyl (C=O) groups excluding carboxylic acids is 3. The van der Waals surface area contributed by atoms with E-state index in [1.165, 1.54) is 0 Å². The van der Waals surface area contributed by atoms with E-state index in [9.17, 15) is 14.4 Å². The Balaban J connectivity index is 4.51. The fourth-order valence-corrected chi connectivity index (χ4v) is 2.67. The maximum absolute atomic E-state index is 11.8. The van der Waals surface area contributed by atoms with E-state index in [2.05, 4.69) is 13.2 Å². The van der Waals surface area contributed by atoms with Gasteiger partial charge in [-0.3, -0.25) is 4.79 Å². The van der Waals surface area contributed by atoms with Crippen molar-refractivity contribution in [2.75, 3.05) is 86.2 Å². The summed E-state index contributed by atoms with van der Waals surface area (Å²) in [7, 11) is 1.81. The monoisotopic (exact) mass is 503 g/mol. The Kier molecular flexibility index (Phi) is 19.6. The van der Waals surface area contributed by atoms with Crippen LogP contribution in [-0.4, -0.2) is 114 Å². The van der Waals surface area contributed by atoms with Crippen LogP contribution in [0, 0.1) is 5.41 Å². The Hall–Kier alpha value is -2.31. The molecule has 0 radical (unpaired) electrons. The Labute approximate surface area is 207 Å². The van der Waals surface area contributed by atoms with Gasteiger partial charge >= 0.3 is 17.9 Å². The normalized spacial score (nSPS) is 11.2. The molecule has 11 nitrogen and oxygen atoms in total. The maximum atomic E-state index is 11.8. The van der Waals surface area contributed by atoms with E-state index in [0.29, 0.717) is 19.5 Å². The van der Waals surface area contributed by atoms with Crippen molar-refractivity contribution >= 4 is 17.9 Å². The molecular formula is C24H41NO10. The topological polar surface area (TPSA) is 130 Å². The molecule has 0 aliphatic rings. The molecule has 0 aromatic heterocycles. The van der Waals surface area contributed by atoms with E-state index in [-0.39, 0.29) is 78.5 Å². The predicted octanol–water partition coefficient (Wildman–Crippen LogP) is 0.748. The van der Waals surface area contributed by atoms with Gasteiger partial charge in [-0.1, -0.05) is 20.1 Å². The second kappa shape index (κ2) is 21.0. The molecule has 0 rings (SSSR count). The number of nitrogens with zero attached hydrogens (tertiary/aromatic N) is 1. The molecule has 0 fully saturated rings. The third-order valence-corrected chi connectivity index (χ3v) is 4.92. The number of carbonyl (C=O) groups is 3. The highest BCUT2D eigenvalue weighted by atomic mass is 16.6. The average Bonchev–Trinajstić information content (AvgIpc) is 2.86. The van der Waals surface area contributed by atoms with E-state index in [1.807, 2.05) is 18.9 Å². The first-order valence-electron chi connectivity index (χ1n) is 11.6. The van der Waals surface area contributed by atoms with E-state index < -0.39 is 17.4 Å². The second-order valence-electron chi connectivity index (χ2n) is 7.75. The molecule has 0 spiro atoms. The van der Waals surface area contributed by atoms with E-state index >= 15 is 0 Å². The summed E-state index contributed by atoms with van der Waals surface area (Å²) in [6.45, 7) is 11.4. The van der Waals surface area contributed by atoms with Gasteiger partial charge in [-0.15, -0.1) is 0 Å². The van der Waals surface area contributed by atoms with Crippen molar-refractivity contribution < 1.29 is 47.9 Å². The van der Waals surface area contributed by atoms with Gasteiger partial charge in [0, 0.05) is 30.7 Å². The minimum atomic E-state index is -0.523. The van der Waals surface area contributed by atoms with Crippen molar-refractivity contribution in [3.05, 3.63) is 25.3 Å². The van der Waals surface area contributed by atoms with Crippen LogP contribution in [0.15, 0.2) is 25.3 Å². The molecule has 0 amide bonds. The molecule has 0 aromatic rings. The first-order chi connectivity index (χ1) is 16.8. The van der Waals surface area contributed by atoms with Gasteiger partial charge < -0.3 is 38.4 Å². The zero-order valence-corrected chi connectivity index (χ0v) is 21.0. The minimum Gasteiger partial charge on any atom is -0.463 e. The summed E-state index contributed by atoms with van der Waals surface area (Å²) >= 11 is 0. The van der Waals surface area contributed by atoms with Gasteiger partial charge in [0.05, 0.1) is 52.7 Å². The summed E-state index contributed by atoms with van der Waals surface area (Å²) in [5, 5.41) is 8.88. The van der Waals surface area contributed by atoms with Gasteiger partial charge in [-0.25, -0.2) is 9.59 Å².